The van der Waals surface area contributed by atoms with E-state index in [0.29, 0.717) is 12.8 Å². The number of carbonyl (C=O) groups is 1. The Labute approximate surface area is 60.6 Å². The van der Waals surface area contributed by atoms with Crippen LogP contribution in [0.2, 0.25) is 0 Å². The fraction of sp³-hybridized carbons (Fsp3) is 0.875. The summed E-state index contributed by atoms with van der Waals surface area (Å²) in [5.74, 6) is 0.0752. The molecule has 0 radical (unpaired) electrons. The van der Waals surface area contributed by atoms with E-state index in [2.05, 4.69) is 0 Å². The number of hydrogen-bond acceptors (Lipinski definition) is 1. The molecule has 1 atom stereocenters. The molecule has 1 rings (SSSR count). The second-order valence-electron chi connectivity index (χ2n) is 3.50. The van der Waals surface area contributed by atoms with E-state index in [4.69, 9.17) is 0 Å². The Bertz CT molecular complexity index is 151. The molecule has 1 nitrogen and oxygen atoms in total. The van der Waals surface area contributed by atoms with Crippen molar-refractivity contribution in [2.45, 2.75) is 39.3 Å². The van der Waals surface area contributed by atoms with Gasteiger partial charge in [-0.2, -0.15) is 0 Å². The highest BCUT2D eigenvalue weighted by molar-refractivity contribution is 5.85. The first-order valence-corrected chi connectivity index (χ1v) is 3.72. The van der Waals surface area contributed by atoms with Crippen molar-refractivity contribution in [3.63, 3.8) is 0 Å². The van der Waals surface area contributed by atoms with Crippen LogP contribution in [-0.2, 0) is 4.79 Å². The largest absolute Gasteiger partial charge is 0.299 e. The number of Topliss-reactive ketones (excluding diaryl/α,β-unsaturated/α-hetero) is 1. The van der Waals surface area contributed by atoms with Crippen molar-refractivity contribution < 1.29 is 9.18 Å². The molecule has 0 bridgehead atoms. The molecular formula is C8H13FO. The Hall–Kier alpha value is -0.400. The number of halogens is 1. The quantitative estimate of drug-likeness (QED) is 0.509. The van der Waals surface area contributed by atoms with Crippen molar-refractivity contribution in [1.29, 1.82) is 0 Å². The predicted molar refractivity (Wildman–Crippen MR) is 37.5 cm³/mol. The highest BCUT2D eigenvalue weighted by Gasteiger charge is 2.39. The SMILES string of the molecule is CC1(C)C(=O)CCC[C@@H]1F. The summed E-state index contributed by atoms with van der Waals surface area (Å²) in [5.41, 5.74) is -0.710. The minimum absolute atomic E-state index is 0.0752. The molecule has 0 heterocycles. The van der Waals surface area contributed by atoms with E-state index in [0.717, 1.165) is 6.42 Å². The molecule has 2 heteroatoms. The molecule has 1 aliphatic carbocycles. The van der Waals surface area contributed by atoms with Crippen LogP contribution in [0, 0.1) is 5.41 Å². The van der Waals surface area contributed by atoms with Gasteiger partial charge < -0.3 is 0 Å². The van der Waals surface area contributed by atoms with Gasteiger partial charge in [-0.1, -0.05) is 13.8 Å². The summed E-state index contributed by atoms with van der Waals surface area (Å²) in [4.78, 5) is 11.1. The van der Waals surface area contributed by atoms with Crippen LogP contribution in [0.15, 0.2) is 0 Å². The van der Waals surface area contributed by atoms with Gasteiger partial charge in [-0.15, -0.1) is 0 Å². The van der Waals surface area contributed by atoms with Crippen LogP contribution in [0.5, 0.6) is 0 Å². The molecule has 0 N–H and O–H groups in total. The second-order valence-corrected chi connectivity index (χ2v) is 3.50. The summed E-state index contributed by atoms with van der Waals surface area (Å²) < 4.78 is 13.0. The normalized spacial score (nSPS) is 32.3. The molecule has 1 fully saturated rings. The maximum absolute atomic E-state index is 13.0. The minimum Gasteiger partial charge on any atom is -0.299 e. The molecular weight excluding hydrogens is 131 g/mol. The first-order chi connectivity index (χ1) is 4.55. The summed E-state index contributed by atoms with van der Waals surface area (Å²) in [6, 6.07) is 0. The zero-order valence-corrected chi connectivity index (χ0v) is 6.48. The van der Waals surface area contributed by atoms with Gasteiger partial charge in [-0.25, -0.2) is 4.39 Å². The predicted octanol–water partition coefficient (Wildman–Crippen LogP) is 2.10. The fourth-order valence-corrected chi connectivity index (χ4v) is 1.30. The van der Waals surface area contributed by atoms with Gasteiger partial charge in [0.25, 0.3) is 0 Å². The molecule has 0 aromatic carbocycles. The number of rotatable bonds is 0. The zero-order chi connectivity index (χ0) is 7.78. The number of carbonyl (C=O) groups excluding carboxylic acids is 1. The van der Waals surface area contributed by atoms with Crippen LogP contribution in [0.3, 0.4) is 0 Å². The minimum atomic E-state index is -0.922. The van der Waals surface area contributed by atoms with E-state index in [1.165, 1.54) is 0 Å². The van der Waals surface area contributed by atoms with Crippen LogP contribution in [-0.4, -0.2) is 12.0 Å². The Morgan fingerprint density at radius 3 is 2.60 bits per heavy atom. The summed E-state index contributed by atoms with van der Waals surface area (Å²) in [5, 5.41) is 0. The fourth-order valence-electron chi connectivity index (χ4n) is 1.30. The molecule has 0 unspecified atom stereocenters. The van der Waals surface area contributed by atoms with Crippen molar-refractivity contribution in [1.82, 2.24) is 0 Å². The lowest BCUT2D eigenvalue weighted by atomic mass is 9.75. The van der Waals surface area contributed by atoms with Crippen LogP contribution in [0.25, 0.3) is 0 Å². The van der Waals surface area contributed by atoms with Gasteiger partial charge in [0.05, 0.1) is 5.41 Å². The molecule has 1 aliphatic rings. The van der Waals surface area contributed by atoms with Crippen LogP contribution in [0.1, 0.15) is 33.1 Å². The maximum Gasteiger partial charge on any atom is 0.141 e. The third-order valence-corrected chi connectivity index (χ3v) is 2.36. The monoisotopic (exact) mass is 144 g/mol. The first-order valence-electron chi connectivity index (χ1n) is 3.72. The van der Waals surface area contributed by atoms with Gasteiger partial charge in [-0.3, -0.25) is 4.79 Å². The summed E-state index contributed by atoms with van der Waals surface area (Å²) in [6.45, 7) is 3.39. The highest BCUT2D eigenvalue weighted by Crippen LogP contribution is 2.34. The van der Waals surface area contributed by atoms with Crippen LogP contribution < -0.4 is 0 Å². The average Bonchev–Trinajstić information content (AvgIpc) is 1.84. The van der Waals surface area contributed by atoms with Crippen molar-refractivity contribution >= 4 is 5.78 Å². The molecule has 1 saturated carbocycles. The van der Waals surface area contributed by atoms with E-state index in [1.54, 1.807) is 13.8 Å². The number of hydrogen-bond donors (Lipinski definition) is 0. The summed E-state index contributed by atoms with van der Waals surface area (Å²) >= 11 is 0. The van der Waals surface area contributed by atoms with E-state index in [-0.39, 0.29) is 5.78 Å². The Morgan fingerprint density at radius 1 is 1.60 bits per heavy atom. The van der Waals surface area contributed by atoms with Crippen molar-refractivity contribution in [2.75, 3.05) is 0 Å². The molecule has 0 amide bonds. The van der Waals surface area contributed by atoms with E-state index in [9.17, 15) is 9.18 Å². The van der Waals surface area contributed by atoms with Crippen molar-refractivity contribution in [3.8, 4) is 0 Å². The van der Waals surface area contributed by atoms with E-state index < -0.39 is 11.6 Å². The Kier molecular flexibility index (Phi) is 1.80. The van der Waals surface area contributed by atoms with Crippen molar-refractivity contribution in [3.05, 3.63) is 0 Å². The smallest absolute Gasteiger partial charge is 0.141 e. The summed E-state index contributed by atoms with van der Waals surface area (Å²) in [6.07, 6.45) is 0.920. The van der Waals surface area contributed by atoms with Gasteiger partial charge >= 0.3 is 0 Å². The molecule has 0 spiro atoms. The highest BCUT2D eigenvalue weighted by atomic mass is 19.1. The number of ketones is 1. The molecule has 0 saturated heterocycles. The van der Waals surface area contributed by atoms with Gasteiger partial charge in [0.1, 0.15) is 12.0 Å². The molecule has 0 aromatic rings. The maximum atomic E-state index is 13.0. The van der Waals surface area contributed by atoms with Crippen LogP contribution >= 0.6 is 0 Å². The number of alkyl halides is 1. The van der Waals surface area contributed by atoms with E-state index >= 15 is 0 Å². The lowest BCUT2D eigenvalue weighted by molar-refractivity contribution is -0.133. The van der Waals surface area contributed by atoms with Gasteiger partial charge in [0, 0.05) is 6.42 Å². The topological polar surface area (TPSA) is 17.1 Å². The lowest BCUT2D eigenvalue weighted by Gasteiger charge is -2.31. The first kappa shape index (κ1) is 7.70. The Balaban J connectivity index is 2.73. The third kappa shape index (κ3) is 1.07. The molecule has 0 aromatic heterocycles. The molecule has 10 heavy (non-hydrogen) atoms. The second kappa shape index (κ2) is 2.33. The van der Waals surface area contributed by atoms with Crippen molar-refractivity contribution in [2.24, 2.45) is 5.41 Å². The summed E-state index contributed by atoms with van der Waals surface area (Å²) in [7, 11) is 0. The van der Waals surface area contributed by atoms with E-state index in [1.807, 2.05) is 0 Å². The molecule has 0 aliphatic heterocycles. The van der Waals surface area contributed by atoms with Gasteiger partial charge in [-0.05, 0) is 12.8 Å². The zero-order valence-electron chi connectivity index (χ0n) is 6.48. The standard InChI is InChI=1S/C8H13FO/c1-8(2)6(9)4-3-5-7(8)10/h6H,3-5H2,1-2H3/t6-/m0/s1. The third-order valence-electron chi connectivity index (χ3n) is 2.36. The molecule has 58 valence electrons. The van der Waals surface area contributed by atoms with Gasteiger partial charge in [0.2, 0.25) is 0 Å². The van der Waals surface area contributed by atoms with Crippen LogP contribution in [0.4, 0.5) is 4.39 Å². The lowest BCUT2D eigenvalue weighted by Crippen LogP contribution is -2.37. The Morgan fingerprint density at radius 2 is 2.20 bits per heavy atom. The average molecular weight is 144 g/mol. The van der Waals surface area contributed by atoms with Gasteiger partial charge in [0.15, 0.2) is 0 Å².